The zero-order valence-electron chi connectivity index (χ0n) is 8.99. The van der Waals surface area contributed by atoms with Crippen LogP contribution in [-0.4, -0.2) is 35.6 Å². The summed E-state index contributed by atoms with van der Waals surface area (Å²) in [4.78, 5) is 0. The lowest BCUT2D eigenvalue weighted by Gasteiger charge is -2.40. The molecule has 0 heterocycles. The standard InChI is InChI=1S/C11H20O3/c1-8(2)9-4-5-11(13,7-14-3)10(12)6-9/h9-10,12-13H,1,4-7H2,2-3H3. The lowest BCUT2D eigenvalue weighted by molar-refractivity contribution is -0.139. The van der Waals surface area contributed by atoms with Crippen molar-refractivity contribution in [2.75, 3.05) is 13.7 Å². The first-order chi connectivity index (χ1) is 6.49. The molecule has 0 spiro atoms. The molecule has 0 aliphatic heterocycles. The van der Waals surface area contributed by atoms with Crippen molar-refractivity contribution in [2.45, 2.75) is 37.9 Å². The van der Waals surface area contributed by atoms with Crippen LogP contribution in [0.2, 0.25) is 0 Å². The third-order valence-corrected chi connectivity index (χ3v) is 3.14. The van der Waals surface area contributed by atoms with Crippen LogP contribution in [0.1, 0.15) is 26.2 Å². The lowest BCUT2D eigenvalue weighted by Crippen LogP contribution is -2.50. The van der Waals surface area contributed by atoms with Gasteiger partial charge in [-0.3, -0.25) is 0 Å². The fraction of sp³-hybridized carbons (Fsp3) is 0.818. The summed E-state index contributed by atoms with van der Waals surface area (Å²) in [5, 5.41) is 19.8. The molecule has 1 aliphatic carbocycles. The number of rotatable bonds is 3. The number of methoxy groups -OCH3 is 1. The van der Waals surface area contributed by atoms with Crippen LogP contribution >= 0.6 is 0 Å². The van der Waals surface area contributed by atoms with Crippen molar-refractivity contribution in [1.82, 2.24) is 0 Å². The molecule has 1 aliphatic rings. The van der Waals surface area contributed by atoms with E-state index in [0.29, 0.717) is 18.8 Å². The van der Waals surface area contributed by atoms with E-state index in [1.165, 1.54) is 7.11 Å². The Kier molecular flexibility index (Phi) is 3.70. The predicted molar refractivity (Wildman–Crippen MR) is 55.0 cm³/mol. The first kappa shape index (κ1) is 11.7. The Morgan fingerprint density at radius 3 is 2.71 bits per heavy atom. The summed E-state index contributed by atoms with van der Waals surface area (Å²) < 4.78 is 4.92. The highest BCUT2D eigenvalue weighted by Crippen LogP contribution is 2.35. The molecule has 0 aromatic heterocycles. The molecule has 14 heavy (non-hydrogen) atoms. The van der Waals surface area contributed by atoms with Gasteiger partial charge >= 0.3 is 0 Å². The molecule has 0 bridgehead atoms. The van der Waals surface area contributed by atoms with Gasteiger partial charge in [-0.25, -0.2) is 0 Å². The highest BCUT2D eigenvalue weighted by atomic mass is 16.5. The Morgan fingerprint density at radius 2 is 2.29 bits per heavy atom. The van der Waals surface area contributed by atoms with Gasteiger partial charge in [0.1, 0.15) is 5.60 Å². The Labute approximate surface area is 85.4 Å². The Bertz CT molecular complexity index is 215. The summed E-state index contributed by atoms with van der Waals surface area (Å²) in [5.41, 5.74) is 0.0317. The van der Waals surface area contributed by atoms with Crippen LogP contribution in [-0.2, 0) is 4.74 Å². The summed E-state index contributed by atoms with van der Waals surface area (Å²) in [6, 6.07) is 0. The number of hydrogen-bond donors (Lipinski definition) is 2. The van der Waals surface area contributed by atoms with E-state index in [0.717, 1.165) is 12.0 Å². The normalized spacial score (nSPS) is 38.3. The van der Waals surface area contributed by atoms with Crippen LogP contribution in [0.5, 0.6) is 0 Å². The van der Waals surface area contributed by atoms with Crippen molar-refractivity contribution in [3.63, 3.8) is 0 Å². The summed E-state index contributed by atoms with van der Waals surface area (Å²) >= 11 is 0. The van der Waals surface area contributed by atoms with Gasteiger partial charge in [0.25, 0.3) is 0 Å². The molecule has 2 N–H and O–H groups in total. The SMILES string of the molecule is C=C(C)C1CCC(O)(COC)C(O)C1. The Hall–Kier alpha value is -0.380. The van der Waals surface area contributed by atoms with Gasteiger partial charge in [0.05, 0.1) is 12.7 Å². The van der Waals surface area contributed by atoms with Crippen molar-refractivity contribution in [1.29, 1.82) is 0 Å². The molecule has 0 aromatic carbocycles. The lowest BCUT2D eigenvalue weighted by atomic mass is 9.75. The van der Waals surface area contributed by atoms with Gasteiger partial charge in [-0.1, -0.05) is 12.2 Å². The van der Waals surface area contributed by atoms with Gasteiger partial charge in [-0.2, -0.15) is 0 Å². The zero-order chi connectivity index (χ0) is 10.8. The predicted octanol–water partition coefficient (Wildman–Crippen LogP) is 1.10. The highest BCUT2D eigenvalue weighted by Gasteiger charge is 2.41. The van der Waals surface area contributed by atoms with Crippen molar-refractivity contribution in [3.8, 4) is 0 Å². The quantitative estimate of drug-likeness (QED) is 0.671. The van der Waals surface area contributed by atoms with E-state index in [1.807, 2.05) is 6.92 Å². The monoisotopic (exact) mass is 200 g/mol. The fourth-order valence-corrected chi connectivity index (χ4v) is 2.06. The maximum Gasteiger partial charge on any atom is 0.114 e. The minimum Gasteiger partial charge on any atom is -0.390 e. The maximum absolute atomic E-state index is 10.0. The molecule has 3 heteroatoms. The summed E-state index contributed by atoms with van der Waals surface area (Å²) in [6.45, 7) is 6.06. The van der Waals surface area contributed by atoms with Crippen molar-refractivity contribution in [3.05, 3.63) is 12.2 Å². The Balaban J connectivity index is 2.59. The van der Waals surface area contributed by atoms with Gasteiger partial charge in [0.2, 0.25) is 0 Å². The number of ether oxygens (including phenoxy) is 1. The van der Waals surface area contributed by atoms with Gasteiger partial charge in [0.15, 0.2) is 0 Å². The van der Waals surface area contributed by atoms with Gasteiger partial charge in [-0.05, 0) is 32.1 Å². The maximum atomic E-state index is 10.0. The van der Waals surface area contributed by atoms with Crippen LogP contribution in [0.4, 0.5) is 0 Å². The minimum atomic E-state index is -1.05. The average Bonchev–Trinajstić information content (AvgIpc) is 2.10. The Morgan fingerprint density at radius 1 is 1.64 bits per heavy atom. The molecule has 82 valence electrons. The van der Waals surface area contributed by atoms with Crippen LogP contribution in [0, 0.1) is 5.92 Å². The van der Waals surface area contributed by atoms with Crippen LogP contribution in [0.15, 0.2) is 12.2 Å². The van der Waals surface area contributed by atoms with E-state index in [4.69, 9.17) is 4.74 Å². The van der Waals surface area contributed by atoms with E-state index in [-0.39, 0.29) is 6.61 Å². The van der Waals surface area contributed by atoms with Crippen LogP contribution in [0.25, 0.3) is 0 Å². The average molecular weight is 200 g/mol. The number of hydrogen-bond acceptors (Lipinski definition) is 3. The van der Waals surface area contributed by atoms with E-state index in [9.17, 15) is 10.2 Å². The van der Waals surface area contributed by atoms with E-state index < -0.39 is 11.7 Å². The summed E-state index contributed by atoms with van der Waals surface area (Å²) in [6.07, 6.45) is 1.36. The molecule has 0 aromatic rings. The van der Waals surface area contributed by atoms with Crippen molar-refractivity contribution < 1.29 is 14.9 Å². The molecular weight excluding hydrogens is 180 g/mol. The van der Waals surface area contributed by atoms with Gasteiger partial charge in [0, 0.05) is 7.11 Å². The molecule has 3 unspecified atom stereocenters. The van der Waals surface area contributed by atoms with E-state index in [2.05, 4.69) is 6.58 Å². The molecule has 1 fully saturated rings. The third kappa shape index (κ3) is 2.35. The van der Waals surface area contributed by atoms with Crippen LogP contribution in [0.3, 0.4) is 0 Å². The van der Waals surface area contributed by atoms with Gasteiger partial charge in [-0.15, -0.1) is 0 Å². The molecule has 3 atom stereocenters. The fourth-order valence-electron chi connectivity index (χ4n) is 2.06. The van der Waals surface area contributed by atoms with Crippen molar-refractivity contribution in [2.24, 2.45) is 5.92 Å². The summed E-state index contributed by atoms with van der Waals surface area (Å²) in [7, 11) is 1.54. The largest absolute Gasteiger partial charge is 0.390 e. The van der Waals surface area contributed by atoms with Crippen LogP contribution < -0.4 is 0 Å². The van der Waals surface area contributed by atoms with E-state index in [1.54, 1.807) is 0 Å². The zero-order valence-corrected chi connectivity index (χ0v) is 8.99. The number of aliphatic hydroxyl groups is 2. The molecule has 0 saturated heterocycles. The first-order valence-electron chi connectivity index (χ1n) is 5.04. The molecular formula is C11H20O3. The highest BCUT2D eigenvalue weighted by molar-refractivity contribution is 5.04. The third-order valence-electron chi connectivity index (χ3n) is 3.14. The van der Waals surface area contributed by atoms with E-state index >= 15 is 0 Å². The second-order valence-electron chi connectivity index (χ2n) is 4.37. The number of aliphatic hydroxyl groups excluding tert-OH is 1. The molecule has 1 saturated carbocycles. The molecule has 0 amide bonds. The topological polar surface area (TPSA) is 49.7 Å². The van der Waals surface area contributed by atoms with Crippen molar-refractivity contribution >= 4 is 0 Å². The first-order valence-corrected chi connectivity index (χ1v) is 5.04. The smallest absolute Gasteiger partial charge is 0.114 e. The second-order valence-corrected chi connectivity index (χ2v) is 4.37. The number of allylic oxidation sites excluding steroid dienone is 1. The summed E-state index contributed by atoms with van der Waals surface area (Å²) in [5.74, 6) is 0.335. The van der Waals surface area contributed by atoms with Gasteiger partial charge < -0.3 is 14.9 Å². The molecule has 1 rings (SSSR count). The minimum absolute atomic E-state index is 0.205. The second kappa shape index (κ2) is 4.43. The molecule has 0 radical (unpaired) electrons. The molecule has 3 nitrogen and oxygen atoms in total.